The molecule has 0 saturated carbocycles. The minimum atomic E-state index is -4.29. The van der Waals surface area contributed by atoms with Crippen molar-refractivity contribution in [3.8, 4) is 34.5 Å². The summed E-state index contributed by atoms with van der Waals surface area (Å²) in [5.41, 5.74) is 0. The summed E-state index contributed by atoms with van der Waals surface area (Å²) < 4.78 is 51.6. The molecule has 3 rings (SSSR count). The molecule has 386 valence electrons. The Balaban J connectivity index is 1.50. The summed E-state index contributed by atoms with van der Waals surface area (Å²) in [4.78, 5) is 0. The zero-order chi connectivity index (χ0) is 48.3. The van der Waals surface area contributed by atoms with E-state index in [0.29, 0.717) is 54.3 Å². The second kappa shape index (κ2) is 41.5. The summed E-state index contributed by atoms with van der Waals surface area (Å²) in [6.07, 6.45) is 46.6. The molecule has 3 aromatic rings. The minimum absolute atomic E-state index is 0.333. The molecule has 0 amide bonds. The molecule has 7 nitrogen and oxygen atoms in total. The molecule has 0 saturated heterocycles. The molecule has 0 radical (unpaired) electrons. The SMILES string of the molecule is CCCCCCCCCCCCCCOc1cccc(OP(=O)(Oc2cccc(OCCCCCCCCCCCCCC)c2)Oc2cccc(OCCCCCCCCCCCCCC)c2)c1. The van der Waals surface area contributed by atoms with Crippen LogP contribution in [-0.2, 0) is 4.57 Å². The highest BCUT2D eigenvalue weighted by atomic mass is 31.2. The van der Waals surface area contributed by atoms with Gasteiger partial charge in [0.15, 0.2) is 0 Å². The van der Waals surface area contributed by atoms with E-state index in [2.05, 4.69) is 20.8 Å². The summed E-state index contributed by atoms with van der Waals surface area (Å²) in [5.74, 6) is 2.95. The number of phosphoric ester groups is 1. The van der Waals surface area contributed by atoms with E-state index < -0.39 is 7.82 Å². The Morgan fingerprint density at radius 1 is 0.279 bits per heavy atom. The number of rotatable bonds is 48. The lowest BCUT2D eigenvalue weighted by atomic mass is 10.1. The van der Waals surface area contributed by atoms with E-state index in [1.165, 1.54) is 193 Å². The number of hydrogen-bond donors (Lipinski definition) is 0. The van der Waals surface area contributed by atoms with E-state index in [0.717, 1.165) is 38.5 Å². The molecule has 8 heteroatoms. The van der Waals surface area contributed by atoms with Crippen LogP contribution in [0.1, 0.15) is 252 Å². The summed E-state index contributed by atoms with van der Waals surface area (Å²) in [7, 11) is -4.29. The van der Waals surface area contributed by atoms with Gasteiger partial charge in [-0.05, 0) is 55.7 Å². The molecular formula is C60H99O7P. The van der Waals surface area contributed by atoms with Crippen LogP contribution in [0.5, 0.6) is 34.5 Å². The molecule has 0 unspecified atom stereocenters. The quantitative estimate of drug-likeness (QED) is 0.0412. The third-order valence-electron chi connectivity index (χ3n) is 12.9. The Bertz CT molecular complexity index is 1460. The monoisotopic (exact) mass is 963 g/mol. The fourth-order valence-corrected chi connectivity index (χ4v) is 9.93. The molecule has 0 aliphatic rings. The van der Waals surface area contributed by atoms with Gasteiger partial charge in [0.05, 0.1) is 19.8 Å². The van der Waals surface area contributed by atoms with E-state index in [9.17, 15) is 4.57 Å². The van der Waals surface area contributed by atoms with Crippen molar-refractivity contribution >= 4 is 7.82 Å². The van der Waals surface area contributed by atoms with Crippen molar-refractivity contribution in [2.75, 3.05) is 19.8 Å². The topological polar surface area (TPSA) is 72.5 Å². The van der Waals surface area contributed by atoms with Gasteiger partial charge < -0.3 is 27.8 Å². The highest BCUT2D eigenvalue weighted by molar-refractivity contribution is 7.49. The number of benzene rings is 3. The van der Waals surface area contributed by atoms with Gasteiger partial charge in [0.25, 0.3) is 0 Å². The van der Waals surface area contributed by atoms with Crippen molar-refractivity contribution in [2.45, 2.75) is 252 Å². The molecular weight excluding hydrogens is 864 g/mol. The van der Waals surface area contributed by atoms with E-state index in [4.69, 9.17) is 27.8 Å². The fraction of sp³-hybridized carbons (Fsp3) is 0.700. The number of phosphoric acid groups is 1. The third-order valence-corrected chi connectivity index (χ3v) is 14.2. The van der Waals surface area contributed by atoms with Crippen LogP contribution >= 0.6 is 7.82 Å². The Labute approximate surface area is 417 Å². The molecule has 0 aliphatic heterocycles. The first-order valence-electron chi connectivity index (χ1n) is 28.4. The lowest BCUT2D eigenvalue weighted by Crippen LogP contribution is -2.08. The Hall–Kier alpha value is -3.31. The maximum absolute atomic E-state index is 14.7. The largest absolute Gasteiger partial charge is 0.647 e. The first-order chi connectivity index (χ1) is 33.5. The second-order valence-electron chi connectivity index (χ2n) is 19.4. The molecule has 0 spiro atoms. The molecule has 0 aromatic heterocycles. The first kappa shape index (κ1) is 59.0. The van der Waals surface area contributed by atoms with Gasteiger partial charge in [0.2, 0.25) is 0 Å². The predicted molar refractivity (Wildman–Crippen MR) is 289 cm³/mol. The van der Waals surface area contributed by atoms with E-state index in [1.807, 2.05) is 36.4 Å². The van der Waals surface area contributed by atoms with Crippen LogP contribution in [0.15, 0.2) is 72.8 Å². The highest BCUT2D eigenvalue weighted by Gasteiger charge is 2.34. The molecule has 0 heterocycles. The van der Waals surface area contributed by atoms with Crippen LogP contribution in [0.2, 0.25) is 0 Å². The average molecular weight is 963 g/mol. The summed E-state index contributed by atoms with van der Waals surface area (Å²) >= 11 is 0. The van der Waals surface area contributed by atoms with E-state index >= 15 is 0 Å². The summed E-state index contributed by atoms with van der Waals surface area (Å²) in [5, 5.41) is 0. The lowest BCUT2D eigenvalue weighted by Gasteiger charge is -2.20. The van der Waals surface area contributed by atoms with Crippen LogP contribution in [0.4, 0.5) is 0 Å². The Kier molecular flexibility index (Phi) is 36.0. The number of hydrogen-bond acceptors (Lipinski definition) is 7. The standard InChI is InChI=1S/C60H99O7P/c1-4-7-10-13-16-19-22-25-28-31-34-37-49-62-55-43-40-46-58(52-55)65-68(61,66-59-47-41-44-56(53-59)63-50-38-35-32-29-26-23-20-17-14-11-8-5-2)67-60-48-42-45-57(54-60)64-51-39-36-33-30-27-24-21-18-15-12-9-6-3/h40-48,52-54H,4-39,49-51H2,1-3H3. The fourth-order valence-electron chi connectivity index (χ4n) is 8.70. The Morgan fingerprint density at radius 2 is 0.471 bits per heavy atom. The normalized spacial score (nSPS) is 11.5. The van der Waals surface area contributed by atoms with Gasteiger partial charge in [-0.15, -0.1) is 0 Å². The van der Waals surface area contributed by atoms with Crippen LogP contribution < -0.4 is 27.8 Å². The van der Waals surface area contributed by atoms with Gasteiger partial charge in [0.1, 0.15) is 34.5 Å². The van der Waals surface area contributed by atoms with Crippen molar-refractivity contribution in [1.82, 2.24) is 0 Å². The third kappa shape index (κ3) is 31.7. The first-order valence-corrected chi connectivity index (χ1v) is 29.9. The molecule has 0 fully saturated rings. The molecule has 3 aromatic carbocycles. The number of unbranched alkanes of at least 4 members (excludes halogenated alkanes) is 33. The van der Waals surface area contributed by atoms with Crippen molar-refractivity contribution in [2.24, 2.45) is 0 Å². The zero-order valence-corrected chi connectivity index (χ0v) is 44.7. The maximum Gasteiger partial charge on any atom is 0.647 e. The number of ether oxygens (including phenoxy) is 3. The van der Waals surface area contributed by atoms with Gasteiger partial charge in [-0.2, -0.15) is 4.57 Å². The maximum atomic E-state index is 14.7. The van der Waals surface area contributed by atoms with Crippen molar-refractivity contribution in [1.29, 1.82) is 0 Å². The Morgan fingerprint density at radius 3 is 0.691 bits per heavy atom. The highest BCUT2D eigenvalue weighted by Crippen LogP contribution is 2.51. The van der Waals surface area contributed by atoms with Gasteiger partial charge in [0, 0.05) is 18.2 Å². The molecule has 0 aliphatic carbocycles. The summed E-state index contributed by atoms with van der Waals surface area (Å²) in [6, 6.07) is 21.7. The van der Waals surface area contributed by atoms with Gasteiger partial charge in [-0.25, -0.2) is 0 Å². The van der Waals surface area contributed by atoms with Crippen LogP contribution in [-0.4, -0.2) is 19.8 Å². The second-order valence-corrected chi connectivity index (χ2v) is 20.8. The molecule has 0 atom stereocenters. The van der Waals surface area contributed by atoms with Crippen molar-refractivity contribution in [3.63, 3.8) is 0 Å². The van der Waals surface area contributed by atoms with Crippen LogP contribution in [0.25, 0.3) is 0 Å². The smallest absolute Gasteiger partial charge is 0.493 e. The minimum Gasteiger partial charge on any atom is -0.493 e. The summed E-state index contributed by atoms with van der Waals surface area (Å²) in [6.45, 7) is 8.67. The van der Waals surface area contributed by atoms with E-state index in [1.54, 1.807) is 36.4 Å². The van der Waals surface area contributed by atoms with Gasteiger partial charge >= 0.3 is 7.82 Å². The van der Waals surface area contributed by atoms with Crippen molar-refractivity contribution in [3.05, 3.63) is 72.8 Å². The van der Waals surface area contributed by atoms with Gasteiger partial charge in [-0.3, -0.25) is 0 Å². The lowest BCUT2D eigenvalue weighted by molar-refractivity contribution is 0.287. The van der Waals surface area contributed by atoms with Crippen LogP contribution in [0.3, 0.4) is 0 Å². The van der Waals surface area contributed by atoms with E-state index in [-0.39, 0.29) is 0 Å². The molecule has 0 N–H and O–H groups in total. The molecule has 0 bridgehead atoms. The predicted octanol–water partition coefficient (Wildman–Crippen LogP) is 20.6. The van der Waals surface area contributed by atoms with Gasteiger partial charge in [-0.1, -0.05) is 251 Å². The van der Waals surface area contributed by atoms with Crippen LogP contribution in [0, 0.1) is 0 Å². The molecule has 68 heavy (non-hydrogen) atoms. The zero-order valence-electron chi connectivity index (χ0n) is 43.8. The average Bonchev–Trinajstić information content (AvgIpc) is 3.33. The van der Waals surface area contributed by atoms with Crippen molar-refractivity contribution < 1.29 is 32.3 Å².